The van der Waals surface area contributed by atoms with Gasteiger partial charge in [0.1, 0.15) is 17.7 Å². The molecule has 1 aliphatic carbocycles. The predicted octanol–water partition coefficient (Wildman–Crippen LogP) is 6.42. The van der Waals surface area contributed by atoms with Crippen LogP contribution >= 0.6 is 0 Å². The Labute approximate surface area is 191 Å². The first-order valence-electron chi connectivity index (χ1n) is 11.7. The lowest BCUT2D eigenvalue weighted by molar-refractivity contribution is 0.0592. The van der Waals surface area contributed by atoms with E-state index in [2.05, 4.69) is 84.6 Å². The second-order valence-corrected chi connectivity index (χ2v) is 8.73. The van der Waals surface area contributed by atoms with Crippen LogP contribution in [0.4, 0.5) is 0 Å². The Balaban J connectivity index is 1.51. The zero-order chi connectivity index (χ0) is 21.9. The Morgan fingerprint density at radius 1 is 0.781 bits per heavy atom. The van der Waals surface area contributed by atoms with Gasteiger partial charge in [-0.25, -0.2) is 0 Å². The lowest BCUT2D eigenvalue weighted by Crippen LogP contribution is -2.34. The lowest BCUT2D eigenvalue weighted by Gasteiger charge is -2.26. The third-order valence-electron chi connectivity index (χ3n) is 6.75. The summed E-state index contributed by atoms with van der Waals surface area (Å²) < 4.78 is 11.7. The second-order valence-electron chi connectivity index (χ2n) is 8.73. The lowest BCUT2D eigenvalue weighted by atomic mass is 9.79. The molecule has 0 bridgehead atoms. The van der Waals surface area contributed by atoms with Gasteiger partial charge >= 0.3 is 0 Å². The van der Waals surface area contributed by atoms with E-state index in [-0.39, 0.29) is 6.23 Å². The number of rotatable bonds is 6. The van der Waals surface area contributed by atoms with Gasteiger partial charge in [-0.3, -0.25) is 4.90 Å². The van der Waals surface area contributed by atoms with E-state index in [9.17, 15) is 0 Å². The number of nitrogens with zero attached hydrogens (tertiary/aromatic N) is 1. The molecule has 0 spiro atoms. The third kappa shape index (κ3) is 4.18. The van der Waals surface area contributed by atoms with Crippen LogP contribution in [-0.2, 0) is 6.42 Å². The standard InChI is InChI=1S/C29H31NO2/c1-21(30-18-6-7-19-30)32-25-13-10-23(11-14-25)29-27(22-8-4-3-5-9-22)16-12-24-20-26(31-2)15-17-28(24)29/h3-5,8-11,13-15,17,20-21H,6-7,12,16,18-19H2,1-2H3. The largest absolute Gasteiger partial charge is 0.497 e. The zero-order valence-corrected chi connectivity index (χ0v) is 19.0. The smallest absolute Gasteiger partial charge is 0.149 e. The molecule has 0 amide bonds. The second kappa shape index (κ2) is 9.22. The molecule has 1 unspecified atom stereocenters. The van der Waals surface area contributed by atoms with Gasteiger partial charge in [0.25, 0.3) is 0 Å². The molecule has 0 aromatic heterocycles. The summed E-state index contributed by atoms with van der Waals surface area (Å²) in [6, 6.07) is 25.9. The molecule has 0 radical (unpaired) electrons. The molecule has 1 aliphatic heterocycles. The maximum absolute atomic E-state index is 6.25. The van der Waals surface area contributed by atoms with Crippen LogP contribution < -0.4 is 9.47 Å². The monoisotopic (exact) mass is 425 g/mol. The number of hydrogen-bond acceptors (Lipinski definition) is 3. The molecule has 0 saturated carbocycles. The number of hydrogen-bond donors (Lipinski definition) is 0. The number of allylic oxidation sites excluding steroid dienone is 1. The quantitative estimate of drug-likeness (QED) is 0.455. The molecular formula is C29H31NO2. The van der Waals surface area contributed by atoms with Crippen molar-refractivity contribution < 1.29 is 9.47 Å². The van der Waals surface area contributed by atoms with E-state index < -0.39 is 0 Å². The molecule has 3 nitrogen and oxygen atoms in total. The first kappa shape index (κ1) is 20.8. The Morgan fingerprint density at radius 2 is 1.50 bits per heavy atom. The highest BCUT2D eigenvalue weighted by molar-refractivity contribution is 6.00. The van der Waals surface area contributed by atoms with Crippen molar-refractivity contribution in [1.82, 2.24) is 4.90 Å². The molecule has 3 heteroatoms. The average Bonchev–Trinajstić information content (AvgIpc) is 3.39. The van der Waals surface area contributed by atoms with Crippen LogP contribution in [0.15, 0.2) is 72.8 Å². The Hall–Kier alpha value is -3.04. The molecule has 5 rings (SSSR count). The van der Waals surface area contributed by atoms with Gasteiger partial charge in [0.15, 0.2) is 0 Å². The minimum atomic E-state index is 0.116. The number of aryl methyl sites for hydroxylation is 1. The van der Waals surface area contributed by atoms with Crippen molar-refractivity contribution in [1.29, 1.82) is 0 Å². The number of benzene rings is 3. The molecule has 1 heterocycles. The van der Waals surface area contributed by atoms with Crippen LogP contribution in [0.3, 0.4) is 0 Å². The third-order valence-corrected chi connectivity index (χ3v) is 6.75. The summed E-state index contributed by atoms with van der Waals surface area (Å²) in [7, 11) is 1.73. The van der Waals surface area contributed by atoms with E-state index >= 15 is 0 Å². The summed E-state index contributed by atoms with van der Waals surface area (Å²) in [5.41, 5.74) is 7.90. The number of fused-ring (bicyclic) bond motifs is 1. The van der Waals surface area contributed by atoms with E-state index in [0.29, 0.717) is 0 Å². The van der Waals surface area contributed by atoms with Crippen LogP contribution in [0.25, 0.3) is 11.1 Å². The van der Waals surface area contributed by atoms with Gasteiger partial charge in [0.2, 0.25) is 0 Å². The van der Waals surface area contributed by atoms with E-state index in [4.69, 9.17) is 9.47 Å². The molecule has 164 valence electrons. The van der Waals surface area contributed by atoms with Gasteiger partial charge in [0.05, 0.1) is 7.11 Å². The molecule has 32 heavy (non-hydrogen) atoms. The molecule has 1 atom stereocenters. The molecule has 2 aliphatic rings. The highest BCUT2D eigenvalue weighted by Crippen LogP contribution is 2.42. The van der Waals surface area contributed by atoms with Gasteiger partial charge < -0.3 is 9.47 Å². The number of ether oxygens (including phenoxy) is 2. The van der Waals surface area contributed by atoms with Crippen LogP contribution in [0.5, 0.6) is 11.5 Å². The van der Waals surface area contributed by atoms with Crippen LogP contribution in [-0.4, -0.2) is 31.3 Å². The van der Waals surface area contributed by atoms with Crippen molar-refractivity contribution in [3.63, 3.8) is 0 Å². The first-order chi connectivity index (χ1) is 15.7. The summed E-state index contributed by atoms with van der Waals surface area (Å²) in [5, 5.41) is 0. The summed E-state index contributed by atoms with van der Waals surface area (Å²) in [6.07, 6.45) is 4.70. The SMILES string of the molecule is COc1ccc2c(c1)CCC(c1ccccc1)=C2c1ccc(OC(C)N2CCCC2)cc1. The van der Waals surface area contributed by atoms with E-state index in [1.54, 1.807) is 7.11 Å². The highest BCUT2D eigenvalue weighted by atomic mass is 16.5. The maximum atomic E-state index is 6.25. The predicted molar refractivity (Wildman–Crippen MR) is 131 cm³/mol. The Bertz CT molecular complexity index is 1100. The molecule has 0 N–H and O–H groups in total. The summed E-state index contributed by atoms with van der Waals surface area (Å²) >= 11 is 0. The molecule has 3 aromatic rings. The Kier molecular flexibility index (Phi) is 6.00. The van der Waals surface area contributed by atoms with Crippen molar-refractivity contribution in [2.45, 2.75) is 38.8 Å². The van der Waals surface area contributed by atoms with E-state index in [1.165, 1.54) is 46.2 Å². The zero-order valence-electron chi connectivity index (χ0n) is 19.0. The fraction of sp³-hybridized carbons (Fsp3) is 0.310. The molecule has 1 saturated heterocycles. The fourth-order valence-corrected chi connectivity index (χ4v) is 5.03. The van der Waals surface area contributed by atoms with Gasteiger partial charge in [-0.2, -0.15) is 0 Å². The van der Waals surface area contributed by atoms with Gasteiger partial charge in [-0.15, -0.1) is 0 Å². The Morgan fingerprint density at radius 3 is 2.22 bits per heavy atom. The first-order valence-corrected chi connectivity index (χ1v) is 11.7. The summed E-state index contributed by atoms with van der Waals surface area (Å²) in [4.78, 5) is 2.41. The van der Waals surface area contributed by atoms with Crippen molar-refractivity contribution in [3.8, 4) is 11.5 Å². The van der Waals surface area contributed by atoms with Crippen molar-refractivity contribution in [2.75, 3.05) is 20.2 Å². The molecule has 1 fully saturated rings. The maximum Gasteiger partial charge on any atom is 0.149 e. The van der Waals surface area contributed by atoms with Gasteiger partial charge in [-0.1, -0.05) is 48.5 Å². The van der Waals surface area contributed by atoms with Gasteiger partial charge in [0, 0.05) is 13.1 Å². The van der Waals surface area contributed by atoms with Crippen LogP contribution in [0.2, 0.25) is 0 Å². The minimum absolute atomic E-state index is 0.116. The fourth-order valence-electron chi connectivity index (χ4n) is 5.03. The normalized spacial score (nSPS) is 17.2. The minimum Gasteiger partial charge on any atom is -0.497 e. The van der Waals surface area contributed by atoms with E-state index in [0.717, 1.165) is 37.4 Å². The van der Waals surface area contributed by atoms with Crippen molar-refractivity contribution in [3.05, 3.63) is 95.1 Å². The van der Waals surface area contributed by atoms with Crippen molar-refractivity contribution >= 4 is 11.1 Å². The highest BCUT2D eigenvalue weighted by Gasteiger charge is 2.23. The molecule has 3 aromatic carbocycles. The summed E-state index contributed by atoms with van der Waals surface area (Å²) in [5.74, 6) is 1.85. The topological polar surface area (TPSA) is 21.7 Å². The van der Waals surface area contributed by atoms with Crippen LogP contribution in [0, 0.1) is 0 Å². The van der Waals surface area contributed by atoms with Gasteiger partial charge in [-0.05, 0) is 90.3 Å². The number of methoxy groups -OCH3 is 1. The van der Waals surface area contributed by atoms with Crippen LogP contribution in [0.1, 0.15) is 48.4 Å². The number of likely N-dealkylation sites (tertiary alicyclic amines) is 1. The molecular weight excluding hydrogens is 394 g/mol. The summed E-state index contributed by atoms with van der Waals surface area (Å²) in [6.45, 7) is 4.42. The average molecular weight is 426 g/mol. The van der Waals surface area contributed by atoms with Crippen molar-refractivity contribution in [2.24, 2.45) is 0 Å². The van der Waals surface area contributed by atoms with E-state index in [1.807, 2.05) is 0 Å².